The molecule has 32 heavy (non-hydrogen) atoms. The summed E-state index contributed by atoms with van der Waals surface area (Å²) in [6.07, 6.45) is 1.49. The van der Waals surface area contributed by atoms with E-state index in [1.807, 2.05) is 36.1 Å². The van der Waals surface area contributed by atoms with Crippen LogP contribution in [0.3, 0.4) is 0 Å². The van der Waals surface area contributed by atoms with Crippen molar-refractivity contribution in [2.75, 3.05) is 31.1 Å². The van der Waals surface area contributed by atoms with Gasteiger partial charge in [0.05, 0.1) is 16.3 Å². The second-order valence-electron chi connectivity index (χ2n) is 7.58. The second kappa shape index (κ2) is 8.16. The molecule has 1 fully saturated rings. The average Bonchev–Trinajstić information content (AvgIpc) is 3.24. The van der Waals surface area contributed by atoms with E-state index in [4.69, 9.17) is 11.6 Å². The van der Waals surface area contributed by atoms with Gasteiger partial charge in [-0.2, -0.15) is 4.68 Å². The highest BCUT2D eigenvalue weighted by molar-refractivity contribution is 6.33. The van der Waals surface area contributed by atoms with Crippen LogP contribution in [-0.4, -0.2) is 61.9 Å². The third kappa shape index (κ3) is 3.54. The number of aryl methyl sites for hydroxylation is 1. The Hall–Kier alpha value is -3.59. The van der Waals surface area contributed by atoms with Crippen molar-refractivity contribution in [1.82, 2.24) is 29.9 Å². The molecule has 1 aliphatic rings. The SMILES string of the molecule is Cc1ccc(-n2nnc3c(N4CCN(C(=O)c5c(F)cccc5Cl)CC4)ncnc32)cc1. The summed E-state index contributed by atoms with van der Waals surface area (Å²) >= 11 is 6.06. The minimum absolute atomic E-state index is 0.0897. The van der Waals surface area contributed by atoms with Gasteiger partial charge in [0.25, 0.3) is 5.91 Å². The van der Waals surface area contributed by atoms with E-state index in [0.29, 0.717) is 43.2 Å². The molecule has 10 heteroatoms. The van der Waals surface area contributed by atoms with Crippen LogP contribution in [0, 0.1) is 12.7 Å². The van der Waals surface area contributed by atoms with E-state index in [9.17, 15) is 9.18 Å². The van der Waals surface area contributed by atoms with Crippen LogP contribution in [-0.2, 0) is 0 Å². The van der Waals surface area contributed by atoms with Crippen LogP contribution < -0.4 is 4.90 Å². The quantitative estimate of drug-likeness (QED) is 0.475. The zero-order valence-electron chi connectivity index (χ0n) is 17.2. The van der Waals surface area contributed by atoms with Crippen LogP contribution in [0.1, 0.15) is 15.9 Å². The topological polar surface area (TPSA) is 80.0 Å². The monoisotopic (exact) mass is 451 g/mol. The predicted octanol–water partition coefficient (Wildman–Crippen LogP) is 3.27. The van der Waals surface area contributed by atoms with E-state index in [1.54, 1.807) is 9.58 Å². The number of halogens is 2. The highest BCUT2D eigenvalue weighted by atomic mass is 35.5. The van der Waals surface area contributed by atoms with Gasteiger partial charge in [0, 0.05) is 26.2 Å². The first-order valence-corrected chi connectivity index (χ1v) is 10.5. The van der Waals surface area contributed by atoms with Gasteiger partial charge in [0.2, 0.25) is 0 Å². The number of hydrogen-bond donors (Lipinski definition) is 0. The number of carbonyl (C=O) groups excluding carboxylic acids is 1. The molecule has 5 rings (SSSR count). The van der Waals surface area contributed by atoms with E-state index >= 15 is 0 Å². The van der Waals surface area contributed by atoms with Gasteiger partial charge in [0.15, 0.2) is 17.0 Å². The summed E-state index contributed by atoms with van der Waals surface area (Å²) in [5, 5.41) is 8.70. The number of piperazine rings is 1. The van der Waals surface area contributed by atoms with Crippen LogP contribution in [0.25, 0.3) is 16.9 Å². The molecule has 0 spiro atoms. The van der Waals surface area contributed by atoms with E-state index in [-0.39, 0.29) is 10.6 Å². The maximum absolute atomic E-state index is 14.2. The number of benzene rings is 2. The van der Waals surface area contributed by atoms with Crippen LogP contribution in [0.15, 0.2) is 48.8 Å². The third-order valence-corrected chi connectivity index (χ3v) is 5.85. The summed E-state index contributed by atoms with van der Waals surface area (Å²) in [7, 11) is 0. The van der Waals surface area contributed by atoms with E-state index in [0.717, 1.165) is 11.3 Å². The first-order valence-electron chi connectivity index (χ1n) is 10.1. The summed E-state index contributed by atoms with van der Waals surface area (Å²) in [5.74, 6) is -0.370. The van der Waals surface area contributed by atoms with Crippen molar-refractivity contribution in [3.63, 3.8) is 0 Å². The minimum Gasteiger partial charge on any atom is -0.351 e. The lowest BCUT2D eigenvalue weighted by molar-refractivity contribution is 0.0742. The molecule has 162 valence electrons. The zero-order chi connectivity index (χ0) is 22.2. The number of aromatic nitrogens is 5. The summed E-state index contributed by atoms with van der Waals surface area (Å²) < 4.78 is 15.8. The molecule has 0 unspecified atom stereocenters. The van der Waals surface area contributed by atoms with Crippen molar-refractivity contribution in [3.05, 3.63) is 70.8 Å². The normalized spacial score (nSPS) is 14.2. The summed E-state index contributed by atoms with van der Waals surface area (Å²) in [6, 6.07) is 12.2. The highest BCUT2D eigenvalue weighted by Gasteiger charge is 2.28. The number of hydrogen-bond acceptors (Lipinski definition) is 6. The van der Waals surface area contributed by atoms with Gasteiger partial charge < -0.3 is 9.80 Å². The van der Waals surface area contributed by atoms with E-state index in [1.165, 1.54) is 24.5 Å². The fourth-order valence-electron chi connectivity index (χ4n) is 3.81. The fraction of sp³-hybridized carbons (Fsp3) is 0.227. The molecule has 8 nitrogen and oxygen atoms in total. The molecule has 0 aliphatic carbocycles. The maximum Gasteiger partial charge on any atom is 0.258 e. The molecule has 0 radical (unpaired) electrons. The Labute approximate surface area is 188 Å². The van der Waals surface area contributed by atoms with Crippen molar-refractivity contribution >= 4 is 34.5 Å². The maximum atomic E-state index is 14.2. The largest absolute Gasteiger partial charge is 0.351 e. The second-order valence-corrected chi connectivity index (χ2v) is 7.99. The van der Waals surface area contributed by atoms with Crippen LogP contribution in [0.2, 0.25) is 5.02 Å². The first kappa shape index (κ1) is 20.3. The Balaban J connectivity index is 1.37. The molecule has 3 heterocycles. The highest BCUT2D eigenvalue weighted by Crippen LogP contribution is 2.25. The van der Waals surface area contributed by atoms with Crippen molar-refractivity contribution in [3.8, 4) is 5.69 Å². The van der Waals surface area contributed by atoms with Crippen LogP contribution in [0.4, 0.5) is 10.2 Å². The van der Waals surface area contributed by atoms with Gasteiger partial charge in [-0.1, -0.05) is 40.6 Å². The summed E-state index contributed by atoms with van der Waals surface area (Å²) in [6.45, 7) is 3.86. The van der Waals surface area contributed by atoms with E-state index in [2.05, 4.69) is 20.3 Å². The Kier molecular flexibility index (Phi) is 5.18. The van der Waals surface area contributed by atoms with Crippen LogP contribution >= 0.6 is 11.6 Å². The Morgan fingerprint density at radius 3 is 2.50 bits per heavy atom. The Morgan fingerprint density at radius 2 is 1.78 bits per heavy atom. The minimum atomic E-state index is -0.616. The molecular formula is C22H19ClFN7O. The molecule has 1 saturated heterocycles. The zero-order valence-corrected chi connectivity index (χ0v) is 18.0. The molecule has 0 N–H and O–H groups in total. The number of anilines is 1. The lowest BCUT2D eigenvalue weighted by atomic mass is 10.1. The van der Waals surface area contributed by atoms with Crippen molar-refractivity contribution in [1.29, 1.82) is 0 Å². The summed E-state index contributed by atoms with van der Waals surface area (Å²) in [4.78, 5) is 25.2. The lowest BCUT2D eigenvalue weighted by Gasteiger charge is -2.35. The predicted molar refractivity (Wildman–Crippen MR) is 119 cm³/mol. The molecule has 1 amide bonds. The molecule has 2 aromatic carbocycles. The fourth-order valence-corrected chi connectivity index (χ4v) is 4.05. The van der Waals surface area contributed by atoms with Gasteiger partial charge in [-0.3, -0.25) is 4.79 Å². The lowest BCUT2D eigenvalue weighted by Crippen LogP contribution is -2.49. The molecular weight excluding hydrogens is 433 g/mol. The van der Waals surface area contributed by atoms with Crippen molar-refractivity contribution in [2.45, 2.75) is 6.92 Å². The molecule has 2 aromatic heterocycles. The number of rotatable bonds is 3. The van der Waals surface area contributed by atoms with E-state index < -0.39 is 11.7 Å². The number of amides is 1. The number of fused-ring (bicyclic) bond motifs is 1. The molecule has 1 aliphatic heterocycles. The van der Waals surface area contributed by atoms with Gasteiger partial charge in [-0.05, 0) is 31.2 Å². The summed E-state index contributed by atoms with van der Waals surface area (Å²) in [5.41, 5.74) is 3.12. The van der Waals surface area contributed by atoms with Gasteiger partial charge in [-0.25, -0.2) is 14.4 Å². The Morgan fingerprint density at radius 1 is 1.03 bits per heavy atom. The molecule has 0 atom stereocenters. The Bertz CT molecular complexity index is 1280. The number of nitrogens with zero attached hydrogens (tertiary/aromatic N) is 7. The third-order valence-electron chi connectivity index (χ3n) is 5.54. The molecule has 0 saturated carbocycles. The standard InChI is InChI=1S/C22H19ClFN7O/c1-14-5-7-15(8-6-14)31-21-19(27-28-31)20(25-13-26-21)29-9-11-30(12-10-29)22(32)18-16(23)3-2-4-17(18)24/h2-8,13H,9-12H2,1H3. The van der Waals surface area contributed by atoms with Gasteiger partial charge in [-0.15, -0.1) is 5.10 Å². The molecule has 0 bridgehead atoms. The number of carbonyl (C=O) groups is 1. The van der Waals surface area contributed by atoms with Crippen molar-refractivity contribution < 1.29 is 9.18 Å². The van der Waals surface area contributed by atoms with Gasteiger partial charge in [0.1, 0.15) is 12.1 Å². The smallest absolute Gasteiger partial charge is 0.258 e. The van der Waals surface area contributed by atoms with Gasteiger partial charge >= 0.3 is 0 Å². The molecule has 4 aromatic rings. The van der Waals surface area contributed by atoms with Crippen LogP contribution in [0.5, 0.6) is 0 Å². The first-order chi connectivity index (χ1) is 15.5. The van der Waals surface area contributed by atoms with Crippen molar-refractivity contribution in [2.24, 2.45) is 0 Å². The average molecular weight is 452 g/mol.